The van der Waals surface area contributed by atoms with Crippen molar-refractivity contribution in [1.82, 2.24) is 5.32 Å². The summed E-state index contributed by atoms with van der Waals surface area (Å²) in [6.45, 7) is 0.442. The van der Waals surface area contributed by atoms with E-state index in [1.54, 1.807) is 11.8 Å². The van der Waals surface area contributed by atoms with Gasteiger partial charge >= 0.3 is 6.18 Å². The summed E-state index contributed by atoms with van der Waals surface area (Å²) in [7, 11) is 0. The lowest BCUT2D eigenvalue weighted by atomic mass is 10.1. The topological polar surface area (TPSA) is 29.1 Å². The van der Waals surface area contributed by atoms with Gasteiger partial charge in [-0.15, -0.1) is 0 Å². The van der Waals surface area contributed by atoms with Gasteiger partial charge in [0.05, 0.1) is 11.1 Å². The van der Waals surface area contributed by atoms with Crippen LogP contribution in [-0.4, -0.2) is 24.0 Å². The average molecular weight is 289 g/mol. The van der Waals surface area contributed by atoms with Crippen LogP contribution in [0.2, 0.25) is 0 Å². The molecule has 1 aliphatic heterocycles. The number of halogens is 3. The third kappa shape index (κ3) is 3.65. The molecule has 1 aromatic rings. The van der Waals surface area contributed by atoms with Gasteiger partial charge in [-0.2, -0.15) is 24.9 Å². The third-order valence-electron chi connectivity index (χ3n) is 3.05. The van der Waals surface area contributed by atoms with Crippen LogP contribution in [0.25, 0.3) is 0 Å². The van der Waals surface area contributed by atoms with Gasteiger partial charge in [-0.3, -0.25) is 4.79 Å². The third-order valence-corrected chi connectivity index (χ3v) is 4.28. The highest BCUT2D eigenvalue weighted by Gasteiger charge is 2.34. The second-order valence-corrected chi connectivity index (χ2v) is 5.63. The molecule has 1 heterocycles. The summed E-state index contributed by atoms with van der Waals surface area (Å²) in [5.74, 6) is 1.73. The molecule has 0 spiro atoms. The Hall–Kier alpha value is -1.17. The molecule has 1 saturated heterocycles. The lowest BCUT2D eigenvalue weighted by Gasteiger charge is -2.14. The largest absolute Gasteiger partial charge is 0.417 e. The number of carbonyl (C=O) groups is 1. The molecule has 0 saturated carbocycles. The molecule has 2 nitrogen and oxygen atoms in total. The smallest absolute Gasteiger partial charge is 0.352 e. The van der Waals surface area contributed by atoms with Crippen LogP contribution in [0.3, 0.4) is 0 Å². The molecule has 0 aromatic heterocycles. The monoisotopic (exact) mass is 289 g/mol. The van der Waals surface area contributed by atoms with Crippen molar-refractivity contribution in [3.8, 4) is 0 Å². The summed E-state index contributed by atoms with van der Waals surface area (Å²) < 4.78 is 38.3. The molecule has 6 heteroatoms. The first kappa shape index (κ1) is 14.2. The Morgan fingerprint density at radius 2 is 2.11 bits per heavy atom. The van der Waals surface area contributed by atoms with E-state index in [1.807, 2.05) is 0 Å². The van der Waals surface area contributed by atoms with Crippen molar-refractivity contribution >= 4 is 17.7 Å². The zero-order chi connectivity index (χ0) is 13.9. The number of alkyl halides is 3. The van der Waals surface area contributed by atoms with Crippen LogP contribution in [0.4, 0.5) is 13.2 Å². The molecule has 1 fully saturated rings. The van der Waals surface area contributed by atoms with Gasteiger partial charge in [0, 0.05) is 6.54 Å². The van der Waals surface area contributed by atoms with Crippen LogP contribution >= 0.6 is 11.8 Å². The summed E-state index contributed by atoms with van der Waals surface area (Å²) in [5.41, 5.74) is -1.19. The van der Waals surface area contributed by atoms with Gasteiger partial charge in [-0.25, -0.2) is 0 Å². The van der Waals surface area contributed by atoms with Gasteiger partial charge in [-0.1, -0.05) is 12.1 Å². The number of hydrogen-bond donors (Lipinski definition) is 1. The van der Waals surface area contributed by atoms with Crippen LogP contribution < -0.4 is 5.32 Å². The first-order valence-corrected chi connectivity index (χ1v) is 7.16. The minimum absolute atomic E-state index is 0.305. The quantitative estimate of drug-likeness (QED) is 0.926. The number of thioether (sulfide) groups is 1. The van der Waals surface area contributed by atoms with Crippen molar-refractivity contribution in [1.29, 1.82) is 0 Å². The van der Waals surface area contributed by atoms with E-state index in [2.05, 4.69) is 5.32 Å². The molecule has 1 amide bonds. The van der Waals surface area contributed by atoms with E-state index in [-0.39, 0.29) is 5.56 Å². The molecular weight excluding hydrogens is 275 g/mol. The van der Waals surface area contributed by atoms with Gasteiger partial charge < -0.3 is 5.32 Å². The van der Waals surface area contributed by atoms with Gasteiger partial charge in [0.15, 0.2) is 0 Å². The molecule has 2 rings (SSSR count). The van der Waals surface area contributed by atoms with Crippen LogP contribution in [0.5, 0.6) is 0 Å². The number of hydrogen-bond acceptors (Lipinski definition) is 2. The lowest BCUT2D eigenvalue weighted by Crippen LogP contribution is -2.30. The SMILES string of the molecule is O=C(NC[C@H]1CCSC1)c1ccccc1C(F)(F)F. The molecule has 0 bridgehead atoms. The van der Waals surface area contributed by atoms with Crippen LogP contribution in [-0.2, 0) is 6.18 Å². The van der Waals surface area contributed by atoms with Gasteiger partial charge in [-0.05, 0) is 36.0 Å². The molecule has 1 aliphatic rings. The normalized spacial score (nSPS) is 19.4. The highest BCUT2D eigenvalue weighted by molar-refractivity contribution is 7.99. The lowest BCUT2D eigenvalue weighted by molar-refractivity contribution is -0.137. The van der Waals surface area contributed by atoms with Gasteiger partial charge in [0.25, 0.3) is 5.91 Å². The Bertz CT molecular complexity index is 455. The minimum Gasteiger partial charge on any atom is -0.352 e. The first-order valence-electron chi connectivity index (χ1n) is 6.00. The number of amides is 1. The minimum atomic E-state index is -4.50. The highest BCUT2D eigenvalue weighted by Crippen LogP contribution is 2.31. The predicted molar refractivity (Wildman–Crippen MR) is 69.2 cm³/mol. The Morgan fingerprint density at radius 3 is 2.74 bits per heavy atom. The summed E-state index contributed by atoms with van der Waals surface area (Å²) in [6.07, 6.45) is -3.50. The van der Waals surface area contributed by atoms with E-state index in [0.717, 1.165) is 24.0 Å². The van der Waals surface area contributed by atoms with Crippen molar-refractivity contribution in [2.24, 2.45) is 5.92 Å². The molecule has 1 atom stereocenters. The molecule has 1 aromatic carbocycles. The van der Waals surface area contributed by atoms with E-state index in [1.165, 1.54) is 18.2 Å². The Kier molecular flexibility index (Phi) is 4.39. The standard InChI is InChI=1S/C13H14F3NOS/c14-13(15,16)11-4-2-1-3-10(11)12(18)17-7-9-5-6-19-8-9/h1-4,9H,5-8H2,(H,17,18)/t9-/m1/s1. The Balaban J connectivity index is 2.06. The van der Waals surface area contributed by atoms with E-state index in [4.69, 9.17) is 0 Å². The zero-order valence-corrected chi connectivity index (χ0v) is 11.0. The summed E-state index contributed by atoms with van der Waals surface area (Å²) in [4.78, 5) is 11.9. The molecule has 1 N–H and O–H groups in total. The molecule has 0 unspecified atom stereocenters. The Morgan fingerprint density at radius 1 is 1.37 bits per heavy atom. The molecular formula is C13H14F3NOS. The van der Waals surface area contributed by atoms with Crippen molar-refractivity contribution in [3.05, 3.63) is 35.4 Å². The number of benzene rings is 1. The number of rotatable bonds is 3. The van der Waals surface area contributed by atoms with Crippen LogP contribution in [0.15, 0.2) is 24.3 Å². The first-order chi connectivity index (χ1) is 8.98. The number of carbonyl (C=O) groups excluding carboxylic acids is 1. The maximum absolute atomic E-state index is 12.8. The van der Waals surface area contributed by atoms with E-state index < -0.39 is 17.6 Å². The van der Waals surface area contributed by atoms with Gasteiger partial charge in [0.2, 0.25) is 0 Å². The summed E-state index contributed by atoms with van der Waals surface area (Å²) >= 11 is 1.81. The zero-order valence-electron chi connectivity index (χ0n) is 10.2. The second-order valence-electron chi connectivity index (χ2n) is 4.48. The van der Waals surface area contributed by atoms with Gasteiger partial charge in [0.1, 0.15) is 0 Å². The molecule has 0 aliphatic carbocycles. The maximum atomic E-state index is 12.8. The second kappa shape index (κ2) is 5.86. The molecule has 19 heavy (non-hydrogen) atoms. The average Bonchev–Trinajstić information content (AvgIpc) is 2.88. The molecule has 0 radical (unpaired) electrons. The fourth-order valence-electron chi connectivity index (χ4n) is 2.00. The fourth-order valence-corrected chi connectivity index (χ4v) is 3.29. The Labute approximate surface area is 113 Å². The highest BCUT2D eigenvalue weighted by atomic mass is 32.2. The maximum Gasteiger partial charge on any atom is 0.417 e. The molecule has 104 valence electrons. The predicted octanol–water partition coefficient (Wildman–Crippen LogP) is 3.19. The summed E-state index contributed by atoms with van der Waals surface area (Å²) in [6, 6.07) is 4.87. The van der Waals surface area contributed by atoms with E-state index in [9.17, 15) is 18.0 Å². The van der Waals surface area contributed by atoms with Crippen LogP contribution in [0, 0.1) is 5.92 Å². The van der Waals surface area contributed by atoms with E-state index >= 15 is 0 Å². The number of nitrogens with one attached hydrogen (secondary N) is 1. The van der Waals surface area contributed by atoms with Crippen molar-refractivity contribution in [3.63, 3.8) is 0 Å². The van der Waals surface area contributed by atoms with Crippen molar-refractivity contribution in [2.45, 2.75) is 12.6 Å². The van der Waals surface area contributed by atoms with Crippen LogP contribution in [0.1, 0.15) is 22.3 Å². The van der Waals surface area contributed by atoms with Crippen molar-refractivity contribution in [2.75, 3.05) is 18.1 Å². The summed E-state index contributed by atoms with van der Waals surface area (Å²) in [5, 5.41) is 2.60. The van der Waals surface area contributed by atoms with E-state index in [0.29, 0.717) is 12.5 Å². The fraction of sp³-hybridized carbons (Fsp3) is 0.462. The van der Waals surface area contributed by atoms with Crippen molar-refractivity contribution < 1.29 is 18.0 Å².